The molecule has 19 heavy (non-hydrogen) atoms. The predicted molar refractivity (Wildman–Crippen MR) is 81.4 cm³/mol. The average molecular weight is 261 g/mol. The average Bonchev–Trinajstić information content (AvgIpc) is 2.41. The molecule has 2 rings (SSSR count). The number of nitrogens with zero attached hydrogens (tertiary/aromatic N) is 2. The van der Waals surface area contributed by atoms with Crippen LogP contribution in [0.4, 0.5) is 0 Å². The molecule has 0 radical (unpaired) electrons. The van der Waals surface area contributed by atoms with Crippen molar-refractivity contribution in [3.05, 3.63) is 35.4 Å². The Morgan fingerprint density at radius 3 is 2.05 bits per heavy atom. The highest BCUT2D eigenvalue weighted by atomic mass is 15.2. The topological polar surface area (TPSA) is 32.5 Å². The molecule has 0 aliphatic carbocycles. The van der Waals surface area contributed by atoms with Crippen molar-refractivity contribution >= 4 is 0 Å². The molecule has 1 aliphatic rings. The smallest absolute Gasteiger partial charge is 0.0424 e. The van der Waals surface area contributed by atoms with Gasteiger partial charge in [0.25, 0.3) is 0 Å². The summed E-state index contributed by atoms with van der Waals surface area (Å²) in [7, 11) is 2.18. The molecule has 1 saturated heterocycles. The van der Waals surface area contributed by atoms with Crippen LogP contribution >= 0.6 is 0 Å². The van der Waals surface area contributed by atoms with Gasteiger partial charge in [-0.2, -0.15) is 0 Å². The summed E-state index contributed by atoms with van der Waals surface area (Å²) in [5.74, 6) is 0.586. The SMILES string of the molecule is CC(C)c1ccc(C(N)CN2CCN(C)CC2)cc1. The van der Waals surface area contributed by atoms with Gasteiger partial charge in [0.15, 0.2) is 0 Å². The van der Waals surface area contributed by atoms with Gasteiger partial charge < -0.3 is 10.6 Å². The molecule has 0 bridgehead atoms. The van der Waals surface area contributed by atoms with E-state index in [2.05, 4.69) is 55.0 Å². The Labute approximate surface area is 117 Å². The number of hydrogen-bond donors (Lipinski definition) is 1. The molecule has 1 aliphatic heterocycles. The molecule has 2 N–H and O–H groups in total. The van der Waals surface area contributed by atoms with Gasteiger partial charge in [-0.1, -0.05) is 38.1 Å². The molecule has 1 aromatic rings. The number of piperazine rings is 1. The van der Waals surface area contributed by atoms with Crippen molar-refractivity contribution in [3.8, 4) is 0 Å². The largest absolute Gasteiger partial charge is 0.323 e. The van der Waals surface area contributed by atoms with Crippen LogP contribution in [-0.4, -0.2) is 49.6 Å². The van der Waals surface area contributed by atoms with E-state index in [0.717, 1.165) is 32.7 Å². The molecule has 0 amide bonds. The van der Waals surface area contributed by atoms with Gasteiger partial charge in [0.1, 0.15) is 0 Å². The molecular formula is C16H27N3. The van der Waals surface area contributed by atoms with Gasteiger partial charge in [0, 0.05) is 38.8 Å². The Hall–Kier alpha value is -0.900. The van der Waals surface area contributed by atoms with Crippen LogP contribution in [0.5, 0.6) is 0 Å². The van der Waals surface area contributed by atoms with Crippen molar-refractivity contribution in [3.63, 3.8) is 0 Å². The Morgan fingerprint density at radius 1 is 1.00 bits per heavy atom. The van der Waals surface area contributed by atoms with Crippen LogP contribution in [0, 0.1) is 0 Å². The molecule has 1 heterocycles. The minimum atomic E-state index is 0.129. The van der Waals surface area contributed by atoms with E-state index in [-0.39, 0.29) is 6.04 Å². The van der Waals surface area contributed by atoms with Gasteiger partial charge in [-0.15, -0.1) is 0 Å². The summed E-state index contributed by atoms with van der Waals surface area (Å²) in [6.07, 6.45) is 0. The third kappa shape index (κ3) is 4.03. The van der Waals surface area contributed by atoms with Crippen molar-refractivity contribution in [1.82, 2.24) is 9.80 Å². The molecule has 1 atom stereocenters. The number of rotatable bonds is 4. The lowest BCUT2D eigenvalue weighted by atomic mass is 9.99. The Morgan fingerprint density at radius 2 is 1.53 bits per heavy atom. The molecule has 3 heteroatoms. The molecule has 0 saturated carbocycles. The zero-order valence-electron chi connectivity index (χ0n) is 12.5. The highest BCUT2D eigenvalue weighted by molar-refractivity contribution is 5.26. The second-order valence-electron chi connectivity index (χ2n) is 6.03. The zero-order chi connectivity index (χ0) is 13.8. The van der Waals surface area contributed by atoms with E-state index in [1.54, 1.807) is 0 Å². The lowest BCUT2D eigenvalue weighted by molar-refractivity contribution is 0.147. The summed E-state index contributed by atoms with van der Waals surface area (Å²) in [6, 6.07) is 8.93. The monoisotopic (exact) mass is 261 g/mol. The third-order valence-corrected chi connectivity index (χ3v) is 4.08. The van der Waals surface area contributed by atoms with Crippen molar-refractivity contribution < 1.29 is 0 Å². The molecule has 3 nitrogen and oxygen atoms in total. The zero-order valence-corrected chi connectivity index (χ0v) is 12.5. The minimum Gasteiger partial charge on any atom is -0.323 e. The van der Waals surface area contributed by atoms with E-state index in [0.29, 0.717) is 5.92 Å². The van der Waals surface area contributed by atoms with Crippen LogP contribution < -0.4 is 5.73 Å². The van der Waals surface area contributed by atoms with Gasteiger partial charge in [0.05, 0.1) is 0 Å². The summed E-state index contributed by atoms with van der Waals surface area (Å²) >= 11 is 0. The van der Waals surface area contributed by atoms with Crippen molar-refractivity contribution in [2.75, 3.05) is 39.8 Å². The molecule has 1 unspecified atom stereocenters. The Bertz CT molecular complexity index is 377. The summed E-state index contributed by atoms with van der Waals surface area (Å²) in [5, 5.41) is 0. The van der Waals surface area contributed by atoms with Crippen molar-refractivity contribution in [2.24, 2.45) is 5.73 Å². The van der Waals surface area contributed by atoms with Gasteiger partial charge in [0.2, 0.25) is 0 Å². The first-order chi connectivity index (χ1) is 9.06. The van der Waals surface area contributed by atoms with Gasteiger partial charge >= 0.3 is 0 Å². The lowest BCUT2D eigenvalue weighted by Crippen LogP contribution is -2.46. The van der Waals surface area contributed by atoms with E-state index < -0.39 is 0 Å². The van der Waals surface area contributed by atoms with Gasteiger partial charge in [-0.05, 0) is 24.1 Å². The molecule has 106 valence electrons. The Kier molecular flexibility index (Phi) is 4.97. The van der Waals surface area contributed by atoms with Crippen LogP contribution in [0.15, 0.2) is 24.3 Å². The fraction of sp³-hybridized carbons (Fsp3) is 0.625. The number of hydrogen-bond acceptors (Lipinski definition) is 3. The summed E-state index contributed by atoms with van der Waals surface area (Å²) < 4.78 is 0. The van der Waals surface area contributed by atoms with E-state index in [9.17, 15) is 0 Å². The third-order valence-electron chi connectivity index (χ3n) is 4.08. The first-order valence-electron chi connectivity index (χ1n) is 7.32. The van der Waals surface area contributed by atoms with E-state index in [4.69, 9.17) is 5.73 Å². The first kappa shape index (κ1) is 14.5. The van der Waals surface area contributed by atoms with Crippen LogP contribution in [0.2, 0.25) is 0 Å². The minimum absolute atomic E-state index is 0.129. The molecular weight excluding hydrogens is 234 g/mol. The standard InChI is InChI=1S/C16H27N3/c1-13(2)14-4-6-15(7-5-14)16(17)12-19-10-8-18(3)9-11-19/h4-7,13,16H,8-12,17H2,1-3H3. The lowest BCUT2D eigenvalue weighted by Gasteiger charge is -2.33. The van der Waals surface area contributed by atoms with Crippen molar-refractivity contribution in [1.29, 1.82) is 0 Å². The van der Waals surface area contributed by atoms with E-state index >= 15 is 0 Å². The van der Waals surface area contributed by atoms with Gasteiger partial charge in [-0.3, -0.25) is 4.90 Å². The first-order valence-corrected chi connectivity index (χ1v) is 7.32. The molecule has 1 aromatic carbocycles. The van der Waals surface area contributed by atoms with E-state index in [1.807, 2.05) is 0 Å². The highest BCUT2D eigenvalue weighted by Gasteiger charge is 2.17. The normalized spacial score (nSPS) is 19.8. The molecule has 0 aromatic heterocycles. The highest BCUT2D eigenvalue weighted by Crippen LogP contribution is 2.18. The molecule has 0 spiro atoms. The van der Waals surface area contributed by atoms with Gasteiger partial charge in [-0.25, -0.2) is 0 Å². The fourth-order valence-corrected chi connectivity index (χ4v) is 2.54. The predicted octanol–water partition coefficient (Wildman–Crippen LogP) is 2.06. The number of likely N-dealkylation sites (N-methyl/N-ethyl adjacent to an activating group) is 1. The van der Waals surface area contributed by atoms with Crippen LogP contribution in [0.25, 0.3) is 0 Å². The van der Waals surface area contributed by atoms with Crippen LogP contribution in [0.1, 0.15) is 36.9 Å². The summed E-state index contributed by atoms with van der Waals surface area (Å²) in [4.78, 5) is 4.85. The number of benzene rings is 1. The van der Waals surface area contributed by atoms with Crippen LogP contribution in [-0.2, 0) is 0 Å². The maximum atomic E-state index is 6.33. The maximum Gasteiger partial charge on any atom is 0.0424 e. The fourth-order valence-electron chi connectivity index (χ4n) is 2.54. The number of nitrogens with two attached hydrogens (primary N) is 1. The van der Waals surface area contributed by atoms with Crippen molar-refractivity contribution in [2.45, 2.75) is 25.8 Å². The van der Waals surface area contributed by atoms with Crippen LogP contribution in [0.3, 0.4) is 0 Å². The van der Waals surface area contributed by atoms with E-state index in [1.165, 1.54) is 11.1 Å². The Balaban J connectivity index is 1.90. The summed E-state index contributed by atoms with van der Waals surface area (Å²) in [5.41, 5.74) is 8.97. The second kappa shape index (κ2) is 6.51. The molecule has 1 fully saturated rings. The summed E-state index contributed by atoms with van der Waals surface area (Å²) in [6.45, 7) is 9.98. The second-order valence-corrected chi connectivity index (χ2v) is 6.03. The quantitative estimate of drug-likeness (QED) is 0.900. The maximum absolute atomic E-state index is 6.33.